The quantitative estimate of drug-likeness (QED) is 0.508. The fraction of sp³-hybridized carbons (Fsp3) is 0.727. The third-order valence-corrected chi connectivity index (χ3v) is 2.27. The average molecular weight is 184 g/mol. The lowest BCUT2D eigenvalue weighted by Gasteiger charge is -2.16. The molecule has 0 aliphatic heterocycles. The van der Waals surface area contributed by atoms with Gasteiger partial charge in [0.05, 0.1) is 6.10 Å². The number of aldehydes is 1. The summed E-state index contributed by atoms with van der Waals surface area (Å²) in [5, 5.41) is 9.63. The molecule has 0 aromatic heterocycles. The Labute approximate surface area is 80.7 Å². The first-order chi connectivity index (χ1) is 6.11. The van der Waals surface area contributed by atoms with Crippen molar-refractivity contribution < 1.29 is 9.90 Å². The molecular weight excluding hydrogens is 164 g/mol. The molecule has 2 unspecified atom stereocenters. The molecule has 0 aromatic rings. The van der Waals surface area contributed by atoms with E-state index >= 15 is 0 Å². The number of rotatable bonds is 6. The Kier molecular flexibility index (Phi) is 6.51. The molecule has 76 valence electrons. The van der Waals surface area contributed by atoms with Gasteiger partial charge in [-0.05, 0) is 31.3 Å². The Bertz CT molecular complexity index is 173. The molecular formula is C11H20O2. The summed E-state index contributed by atoms with van der Waals surface area (Å²) in [6.45, 7) is 5.90. The van der Waals surface area contributed by atoms with Crippen molar-refractivity contribution >= 4 is 6.29 Å². The van der Waals surface area contributed by atoms with Crippen LogP contribution in [0.25, 0.3) is 0 Å². The molecule has 0 heterocycles. The highest BCUT2D eigenvalue weighted by Crippen LogP contribution is 2.14. The van der Waals surface area contributed by atoms with Gasteiger partial charge in [-0.3, -0.25) is 4.79 Å². The highest BCUT2D eigenvalue weighted by molar-refractivity contribution is 5.71. The largest absolute Gasteiger partial charge is 0.393 e. The topological polar surface area (TPSA) is 37.3 Å². The number of hydrogen-bond donors (Lipinski definition) is 1. The summed E-state index contributed by atoms with van der Waals surface area (Å²) in [7, 11) is 0. The first kappa shape index (κ1) is 12.4. The van der Waals surface area contributed by atoms with E-state index in [1.54, 1.807) is 13.0 Å². The normalized spacial score (nSPS) is 16.8. The van der Waals surface area contributed by atoms with Gasteiger partial charge in [0.2, 0.25) is 0 Å². The Morgan fingerprint density at radius 3 is 2.62 bits per heavy atom. The Hall–Kier alpha value is -0.630. The fourth-order valence-corrected chi connectivity index (χ4v) is 1.23. The first-order valence-electron chi connectivity index (χ1n) is 4.91. The van der Waals surface area contributed by atoms with Gasteiger partial charge in [0.15, 0.2) is 0 Å². The molecule has 0 spiro atoms. The number of carbonyl (C=O) groups excluding carboxylic acids is 1. The van der Waals surface area contributed by atoms with Crippen LogP contribution in [0.15, 0.2) is 11.6 Å². The lowest BCUT2D eigenvalue weighted by Crippen LogP contribution is -2.16. The van der Waals surface area contributed by atoms with Crippen molar-refractivity contribution in [3.8, 4) is 0 Å². The van der Waals surface area contributed by atoms with Gasteiger partial charge < -0.3 is 5.11 Å². The van der Waals surface area contributed by atoms with Crippen LogP contribution < -0.4 is 0 Å². The molecule has 0 saturated heterocycles. The Balaban J connectivity index is 3.85. The van der Waals surface area contributed by atoms with E-state index in [0.29, 0.717) is 17.9 Å². The molecule has 0 amide bonds. The maximum atomic E-state index is 10.3. The molecule has 1 N–H and O–H groups in total. The van der Waals surface area contributed by atoms with E-state index in [1.165, 1.54) is 0 Å². The van der Waals surface area contributed by atoms with Crippen LogP contribution in [0.5, 0.6) is 0 Å². The van der Waals surface area contributed by atoms with E-state index < -0.39 is 0 Å². The van der Waals surface area contributed by atoms with Gasteiger partial charge in [0, 0.05) is 0 Å². The van der Waals surface area contributed by atoms with Crippen molar-refractivity contribution in [3.63, 3.8) is 0 Å². The van der Waals surface area contributed by atoms with Gasteiger partial charge >= 0.3 is 0 Å². The van der Waals surface area contributed by atoms with Crippen molar-refractivity contribution in [3.05, 3.63) is 11.6 Å². The van der Waals surface area contributed by atoms with E-state index in [0.717, 1.165) is 19.1 Å². The van der Waals surface area contributed by atoms with Crippen LogP contribution in [-0.4, -0.2) is 17.5 Å². The van der Waals surface area contributed by atoms with Gasteiger partial charge in [-0.1, -0.05) is 26.3 Å². The van der Waals surface area contributed by atoms with Crippen molar-refractivity contribution in [2.24, 2.45) is 5.92 Å². The standard InChI is InChI=1S/C11H20O2/c1-4-5-10(3)11(13)7-6-9(2)8-12/h6,8,10-11,13H,4-5,7H2,1-3H3. The van der Waals surface area contributed by atoms with Gasteiger partial charge in [-0.2, -0.15) is 0 Å². The molecule has 0 radical (unpaired) electrons. The molecule has 0 aliphatic rings. The van der Waals surface area contributed by atoms with Gasteiger partial charge in [-0.15, -0.1) is 0 Å². The zero-order chi connectivity index (χ0) is 10.3. The molecule has 0 saturated carbocycles. The molecule has 2 nitrogen and oxygen atoms in total. The van der Waals surface area contributed by atoms with Crippen LogP contribution in [0.4, 0.5) is 0 Å². The predicted molar refractivity (Wildman–Crippen MR) is 54.5 cm³/mol. The summed E-state index contributed by atoms with van der Waals surface area (Å²) in [6.07, 6.45) is 5.02. The van der Waals surface area contributed by atoms with Crippen LogP contribution in [0.1, 0.15) is 40.0 Å². The third-order valence-electron chi connectivity index (χ3n) is 2.27. The van der Waals surface area contributed by atoms with E-state index in [1.807, 2.05) is 6.92 Å². The molecule has 13 heavy (non-hydrogen) atoms. The van der Waals surface area contributed by atoms with Gasteiger partial charge in [0.1, 0.15) is 6.29 Å². The van der Waals surface area contributed by atoms with Crippen LogP contribution >= 0.6 is 0 Å². The van der Waals surface area contributed by atoms with Crippen molar-refractivity contribution in [1.29, 1.82) is 0 Å². The zero-order valence-corrected chi connectivity index (χ0v) is 8.79. The summed E-state index contributed by atoms with van der Waals surface area (Å²) in [6, 6.07) is 0. The molecule has 2 atom stereocenters. The maximum Gasteiger partial charge on any atom is 0.145 e. The minimum atomic E-state index is -0.310. The first-order valence-corrected chi connectivity index (χ1v) is 4.91. The van der Waals surface area contributed by atoms with Crippen LogP contribution in [-0.2, 0) is 4.79 Å². The summed E-state index contributed by atoms with van der Waals surface area (Å²) in [4.78, 5) is 10.3. The average Bonchev–Trinajstić information content (AvgIpc) is 2.13. The van der Waals surface area contributed by atoms with Crippen LogP contribution in [0.2, 0.25) is 0 Å². The number of aliphatic hydroxyl groups excluding tert-OH is 1. The smallest absolute Gasteiger partial charge is 0.145 e. The van der Waals surface area contributed by atoms with Crippen molar-refractivity contribution in [1.82, 2.24) is 0 Å². The summed E-state index contributed by atoms with van der Waals surface area (Å²) in [5.41, 5.74) is 0.697. The molecule has 0 aliphatic carbocycles. The molecule has 0 aromatic carbocycles. The third kappa shape index (κ3) is 5.58. The van der Waals surface area contributed by atoms with Gasteiger partial charge in [-0.25, -0.2) is 0 Å². The van der Waals surface area contributed by atoms with Gasteiger partial charge in [0.25, 0.3) is 0 Å². The van der Waals surface area contributed by atoms with Crippen LogP contribution in [0.3, 0.4) is 0 Å². The minimum absolute atomic E-state index is 0.310. The second-order valence-corrected chi connectivity index (χ2v) is 3.64. The minimum Gasteiger partial charge on any atom is -0.393 e. The summed E-state index contributed by atoms with van der Waals surface area (Å²) < 4.78 is 0. The number of carbonyl (C=O) groups is 1. The molecule has 0 rings (SSSR count). The lowest BCUT2D eigenvalue weighted by atomic mass is 9.96. The summed E-state index contributed by atoms with van der Waals surface area (Å²) >= 11 is 0. The SMILES string of the molecule is CCCC(C)C(O)CC=C(C)C=O. The summed E-state index contributed by atoms with van der Waals surface area (Å²) in [5.74, 6) is 0.320. The van der Waals surface area contributed by atoms with E-state index in [-0.39, 0.29) is 6.10 Å². The Morgan fingerprint density at radius 2 is 2.15 bits per heavy atom. The van der Waals surface area contributed by atoms with Crippen molar-refractivity contribution in [2.75, 3.05) is 0 Å². The lowest BCUT2D eigenvalue weighted by molar-refractivity contribution is -0.104. The highest BCUT2D eigenvalue weighted by Gasteiger charge is 2.11. The zero-order valence-electron chi connectivity index (χ0n) is 8.79. The predicted octanol–water partition coefficient (Wildman–Crippen LogP) is 2.32. The monoisotopic (exact) mass is 184 g/mol. The Morgan fingerprint density at radius 1 is 1.54 bits per heavy atom. The van der Waals surface area contributed by atoms with Crippen molar-refractivity contribution in [2.45, 2.75) is 46.1 Å². The molecule has 2 heteroatoms. The number of aliphatic hydroxyl groups is 1. The number of hydrogen-bond acceptors (Lipinski definition) is 2. The molecule has 0 fully saturated rings. The maximum absolute atomic E-state index is 10.3. The fourth-order valence-electron chi connectivity index (χ4n) is 1.23. The second-order valence-electron chi connectivity index (χ2n) is 3.64. The van der Waals surface area contributed by atoms with E-state index in [2.05, 4.69) is 6.92 Å². The van der Waals surface area contributed by atoms with E-state index in [4.69, 9.17) is 0 Å². The highest BCUT2D eigenvalue weighted by atomic mass is 16.3. The number of allylic oxidation sites excluding steroid dienone is 1. The second kappa shape index (κ2) is 6.84. The molecule has 0 bridgehead atoms. The van der Waals surface area contributed by atoms with E-state index in [9.17, 15) is 9.90 Å². The van der Waals surface area contributed by atoms with Crippen LogP contribution in [0, 0.1) is 5.92 Å².